The molecule has 92 valence electrons. The normalized spacial score (nSPS) is 12.2. The van der Waals surface area contributed by atoms with Gasteiger partial charge in [0.25, 0.3) is 0 Å². The maximum Gasteiger partial charge on any atom is 0.400 e. The summed E-state index contributed by atoms with van der Waals surface area (Å²) in [5, 5.41) is -0.208. The number of hydrogen-bond acceptors (Lipinski definition) is 4. The Hall–Kier alpha value is -2.02. The molecule has 0 bridgehead atoms. The van der Waals surface area contributed by atoms with Crippen LogP contribution in [-0.4, -0.2) is 19.5 Å². The summed E-state index contributed by atoms with van der Waals surface area (Å²) in [7, 11) is 0. The van der Waals surface area contributed by atoms with Crippen molar-refractivity contribution in [3.63, 3.8) is 0 Å². The summed E-state index contributed by atoms with van der Waals surface area (Å²) >= 11 is 4.79. The van der Waals surface area contributed by atoms with E-state index in [1.165, 1.54) is 0 Å². The molecule has 0 amide bonds. The topological polar surface area (TPSA) is 56.2 Å². The average Bonchev–Trinajstić information content (AvgIpc) is 2.96. The quantitative estimate of drug-likeness (QED) is 0.672. The molecule has 5 nitrogen and oxygen atoms in total. The molecule has 0 aromatic carbocycles. The molecule has 0 N–H and O–H groups in total. The zero-order valence-corrected chi connectivity index (χ0v) is 9.47. The zero-order valence-electron chi connectivity index (χ0n) is 8.72. The molecule has 0 saturated carbocycles. The van der Waals surface area contributed by atoms with E-state index in [0.29, 0.717) is 11.2 Å². The van der Waals surface area contributed by atoms with Gasteiger partial charge in [-0.3, -0.25) is 0 Å². The molecule has 0 unspecified atom stereocenters. The Morgan fingerprint density at radius 3 is 2.89 bits per heavy atom. The lowest BCUT2D eigenvalue weighted by molar-refractivity contribution is 0.0551. The molecule has 3 heterocycles. The molecular formula is C10H5ClF2N4O. The summed E-state index contributed by atoms with van der Waals surface area (Å²) in [6.07, 6.45) is 5.09. The van der Waals surface area contributed by atoms with Gasteiger partial charge < -0.3 is 8.92 Å². The minimum atomic E-state index is -3.66. The first-order valence-electron chi connectivity index (χ1n) is 4.88. The van der Waals surface area contributed by atoms with Gasteiger partial charge in [0.05, 0.1) is 0 Å². The summed E-state index contributed by atoms with van der Waals surface area (Å²) in [5.41, 5.74) is 1.17. The lowest BCUT2D eigenvalue weighted by Crippen LogP contribution is -2.03. The number of halogens is 3. The first-order chi connectivity index (χ1) is 8.54. The highest BCUT2D eigenvalue weighted by Crippen LogP contribution is 2.32. The minimum Gasteiger partial charge on any atom is -0.331 e. The predicted octanol–water partition coefficient (Wildman–Crippen LogP) is 2.67. The summed E-state index contributed by atoms with van der Waals surface area (Å²) in [6, 6.07) is 3.32. The Morgan fingerprint density at radius 2 is 2.17 bits per heavy atom. The third-order valence-electron chi connectivity index (χ3n) is 2.32. The standard InChI is InChI=1S/C10H5ClF2N4O/c11-10(12,13)9-15-8(16-18-9)6-1-3-17-4-2-14-7(17)5-6/h1-5H. The first-order valence-corrected chi connectivity index (χ1v) is 5.26. The molecule has 3 aromatic heterocycles. The van der Waals surface area contributed by atoms with Crippen molar-refractivity contribution in [2.75, 3.05) is 0 Å². The van der Waals surface area contributed by atoms with Gasteiger partial charge >= 0.3 is 11.3 Å². The number of pyridine rings is 1. The van der Waals surface area contributed by atoms with E-state index in [1.54, 1.807) is 35.1 Å². The van der Waals surface area contributed by atoms with Crippen LogP contribution in [0.15, 0.2) is 35.2 Å². The Labute approximate surface area is 104 Å². The Kier molecular flexibility index (Phi) is 2.30. The van der Waals surface area contributed by atoms with Gasteiger partial charge in [0, 0.05) is 24.2 Å². The highest BCUT2D eigenvalue weighted by atomic mass is 35.5. The largest absolute Gasteiger partial charge is 0.400 e. The zero-order chi connectivity index (χ0) is 12.8. The molecule has 0 spiro atoms. The van der Waals surface area contributed by atoms with Crippen molar-refractivity contribution in [1.29, 1.82) is 0 Å². The van der Waals surface area contributed by atoms with Gasteiger partial charge in [-0.1, -0.05) is 5.16 Å². The Morgan fingerprint density at radius 1 is 1.33 bits per heavy atom. The van der Waals surface area contributed by atoms with E-state index in [-0.39, 0.29) is 5.82 Å². The van der Waals surface area contributed by atoms with Crippen LogP contribution in [0.4, 0.5) is 8.78 Å². The molecule has 0 fully saturated rings. The summed E-state index contributed by atoms with van der Waals surface area (Å²) in [5.74, 6) is -0.891. The minimum absolute atomic E-state index is 0.0378. The first kappa shape index (κ1) is 11.1. The molecule has 0 saturated heterocycles. The molecular weight excluding hydrogens is 266 g/mol. The molecule has 0 aliphatic rings. The van der Waals surface area contributed by atoms with Crippen LogP contribution in [0.25, 0.3) is 17.0 Å². The Balaban J connectivity index is 2.06. The number of alkyl halides is 3. The fraction of sp³-hybridized carbons (Fsp3) is 0.100. The average molecular weight is 271 g/mol. The van der Waals surface area contributed by atoms with E-state index in [2.05, 4.69) is 19.6 Å². The van der Waals surface area contributed by atoms with Crippen molar-refractivity contribution in [3.8, 4) is 11.4 Å². The van der Waals surface area contributed by atoms with Crippen LogP contribution in [0.1, 0.15) is 5.89 Å². The van der Waals surface area contributed by atoms with E-state index in [9.17, 15) is 8.78 Å². The number of rotatable bonds is 2. The van der Waals surface area contributed by atoms with Crippen molar-refractivity contribution in [1.82, 2.24) is 19.5 Å². The summed E-state index contributed by atoms with van der Waals surface area (Å²) in [4.78, 5) is 7.61. The molecule has 0 atom stereocenters. The van der Waals surface area contributed by atoms with Crippen molar-refractivity contribution in [2.45, 2.75) is 5.38 Å². The fourth-order valence-corrected chi connectivity index (χ4v) is 1.58. The lowest BCUT2D eigenvalue weighted by Gasteiger charge is -1.98. The van der Waals surface area contributed by atoms with Crippen LogP contribution in [0.3, 0.4) is 0 Å². The highest BCUT2D eigenvalue weighted by molar-refractivity contribution is 6.21. The van der Waals surface area contributed by atoms with Gasteiger partial charge in [0.2, 0.25) is 5.82 Å². The third kappa shape index (κ3) is 1.82. The SMILES string of the molecule is FC(F)(Cl)c1nc(-c2ccn3ccnc3c2)no1. The summed E-state index contributed by atoms with van der Waals surface area (Å²) < 4.78 is 31.7. The number of nitrogens with zero attached hydrogens (tertiary/aromatic N) is 4. The molecule has 0 aliphatic heterocycles. The van der Waals surface area contributed by atoms with E-state index < -0.39 is 11.3 Å². The second kappa shape index (κ2) is 3.74. The highest BCUT2D eigenvalue weighted by Gasteiger charge is 2.35. The van der Waals surface area contributed by atoms with Gasteiger partial charge in [-0.25, -0.2) is 4.98 Å². The maximum atomic E-state index is 12.7. The smallest absolute Gasteiger partial charge is 0.331 e. The number of hydrogen-bond donors (Lipinski definition) is 0. The van der Waals surface area contributed by atoms with Gasteiger partial charge in [0.15, 0.2) is 0 Å². The molecule has 8 heteroatoms. The number of fused-ring (bicyclic) bond motifs is 1. The van der Waals surface area contributed by atoms with Crippen LogP contribution in [0.5, 0.6) is 0 Å². The lowest BCUT2D eigenvalue weighted by atomic mass is 10.2. The second-order valence-corrected chi connectivity index (χ2v) is 4.00. The third-order valence-corrected chi connectivity index (χ3v) is 2.49. The van der Waals surface area contributed by atoms with Crippen molar-refractivity contribution < 1.29 is 13.3 Å². The molecule has 0 aliphatic carbocycles. The number of aromatic nitrogens is 4. The van der Waals surface area contributed by atoms with E-state index >= 15 is 0 Å². The van der Waals surface area contributed by atoms with Crippen molar-refractivity contribution in [3.05, 3.63) is 36.6 Å². The maximum absolute atomic E-state index is 12.7. The van der Waals surface area contributed by atoms with Crippen LogP contribution in [0.2, 0.25) is 0 Å². The predicted molar refractivity (Wildman–Crippen MR) is 58.2 cm³/mol. The van der Waals surface area contributed by atoms with E-state index in [4.69, 9.17) is 11.6 Å². The fourth-order valence-electron chi connectivity index (χ4n) is 1.51. The monoisotopic (exact) mass is 270 g/mol. The van der Waals surface area contributed by atoms with Gasteiger partial charge in [-0.05, 0) is 23.7 Å². The molecule has 3 aromatic rings. The van der Waals surface area contributed by atoms with Crippen LogP contribution in [0, 0.1) is 0 Å². The van der Waals surface area contributed by atoms with Gasteiger partial charge in [0.1, 0.15) is 5.65 Å². The molecule has 18 heavy (non-hydrogen) atoms. The van der Waals surface area contributed by atoms with Gasteiger partial charge in [-0.15, -0.1) is 0 Å². The van der Waals surface area contributed by atoms with Crippen molar-refractivity contribution >= 4 is 17.2 Å². The van der Waals surface area contributed by atoms with Crippen LogP contribution < -0.4 is 0 Å². The molecule has 0 radical (unpaired) electrons. The van der Waals surface area contributed by atoms with Gasteiger partial charge in [-0.2, -0.15) is 13.8 Å². The summed E-state index contributed by atoms with van der Waals surface area (Å²) in [6.45, 7) is 0. The van der Waals surface area contributed by atoms with Crippen LogP contribution >= 0.6 is 11.6 Å². The second-order valence-electron chi connectivity index (χ2n) is 3.53. The molecule has 3 rings (SSSR count). The van der Waals surface area contributed by atoms with E-state index in [1.807, 2.05) is 0 Å². The van der Waals surface area contributed by atoms with E-state index in [0.717, 1.165) is 0 Å². The Bertz CT molecular complexity index is 703. The van der Waals surface area contributed by atoms with Crippen LogP contribution in [-0.2, 0) is 5.38 Å². The number of imidazole rings is 1. The van der Waals surface area contributed by atoms with Crippen molar-refractivity contribution in [2.24, 2.45) is 0 Å².